The minimum absolute atomic E-state index is 0.359. The molecule has 3 N–H and O–H groups in total. The van der Waals surface area contributed by atoms with Gasteiger partial charge >= 0.3 is 0 Å². The van der Waals surface area contributed by atoms with Crippen LogP contribution >= 0.6 is 23.2 Å². The summed E-state index contributed by atoms with van der Waals surface area (Å²) in [7, 11) is 1.51. The number of benzene rings is 1. The predicted molar refractivity (Wildman–Crippen MR) is 74.9 cm³/mol. The molecule has 2 aromatic rings. The van der Waals surface area contributed by atoms with Gasteiger partial charge in [-0.25, -0.2) is 0 Å². The predicted octanol–water partition coefficient (Wildman–Crippen LogP) is 3.72. The Morgan fingerprint density at radius 1 is 1.22 bits per heavy atom. The molecule has 0 atom stereocenters. The molecule has 1 aromatic heterocycles. The van der Waals surface area contributed by atoms with E-state index in [1.807, 2.05) is 0 Å². The van der Waals surface area contributed by atoms with Crippen LogP contribution < -0.4 is 15.8 Å². The van der Waals surface area contributed by atoms with Crippen LogP contribution in [0, 0.1) is 0 Å². The molecule has 2 rings (SSSR count). The second kappa shape index (κ2) is 5.33. The Morgan fingerprint density at radius 2 is 2.00 bits per heavy atom. The fourth-order valence-corrected chi connectivity index (χ4v) is 1.77. The molecule has 94 valence electrons. The van der Waals surface area contributed by atoms with Crippen molar-refractivity contribution in [3.63, 3.8) is 0 Å². The van der Waals surface area contributed by atoms with Crippen LogP contribution in [0.15, 0.2) is 30.3 Å². The van der Waals surface area contributed by atoms with E-state index in [4.69, 9.17) is 33.7 Å². The number of nitrogen functional groups attached to an aromatic ring is 1. The van der Waals surface area contributed by atoms with Gasteiger partial charge in [0.25, 0.3) is 0 Å². The summed E-state index contributed by atoms with van der Waals surface area (Å²) in [5.41, 5.74) is 6.83. The van der Waals surface area contributed by atoms with Gasteiger partial charge in [0.1, 0.15) is 5.82 Å². The maximum atomic E-state index is 6.07. The molecule has 0 radical (unpaired) electrons. The SMILES string of the molecule is COc1nc(Nc2cccc(Cl)c2Cl)ccc1N. The summed E-state index contributed by atoms with van der Waals surface area (Å²) in [6.07, 6.45) is 0. The summed E-state index contributed by atoms with van der Waals surface area (Å²) in [6.45, 7) is 0. The van der Waals surface area contributed by atoms with E-state index >= 15 is 0 Å². The first kappa shape index (κ1) is 12.8. The van der Waals surface area contributed by atoms with Crippen molar-refractivity contribution in [2.45, 2.75) is 0 Å². The van der Waals surface area contributed by atoms with Crippen LogP contribution in [0.5, 0.6) is 5.88 Å². The maximum absolute atomic E-state index is 6.07. The standard InChI is InChI=1S/C12H11Cl2N3O/c1-18-12-8(15)5-6-10(17-12)16-9-4-2-3-7(13)11(9)14/h2-6H,15H2,1H3,(H,16,17). The molecule has 0 aliphatic rings. The Hall–Kier alpha value is -1.65. The Labute approximate surface area is 115 Å². The molecule has 4 nitrogen and oxygen atoms in total. The zero-order valence-corrected chi connectivity index (χ0v) is 11.1. The average Bonchev–Trinajstić information content (AvgIpc) is 2.37. The van der Waals surface area contributed by atoms with Crippen molar-refractivity contribution < 1.29 is 4.74 Å². The lowest BCUT2D eigenvalue weighted by molar-refractivity contribution is 0.401. The number of pyridine rings is 1. The van der Waals surface area contributed by atoms with E-state index in [1.165, 1.54) is 7.11 Å². The highest BCUT2D eigenvalue weighted by Crippen LogP contribution is 2.32. The van der Waals surface area contributed by atoms with Crippen LogP contribution in [0.4, 0.5) is 17.2 Å². The first-order valence-electron chi connectivity index (χ1n) is 5.13. The van der Waals surface area contributed by atoms with Gasteiger partial charge in [0.15, 0.2) is 0 Å². The van der Waals surface area contributed by atoms with Gasteiger partial charge < -0.3 is 15.8 Å². The van der Waals surface area contributed by atoms with E-state index in [2.05, 4.69) is 10.3 Å². The van der Waals surface area contributed by atoms with Crippen LogP contribution in [0.2, 0.25) is 10.0 Å². The molecule has 18 heavy (non-hydrogen) atoms. The van der Waals surface area contributed by atoms with E-state index in [0.29, 0.717) is 33.1 Å². The van der Waals surface area contributed by atoms with Crippen molar-refractivity contribution in [3.8, 4) is 5.88 Å². The number of anilines is 3. The van der Waals surface area contributed by atoms with Crippen molar-refractivity contribution in [2.24, 2.45) is 0 Å². The van der Waals surface area contributed by atoms with Crippen LogP contribution in [0.25, 0.3) is 0 Å². The number of aromatic nitrogens is 1. The van der Waals surface area contributed by atoms with Gasteiger partial charge in [-0.05, 0) is 24.3 Å². The van der Waals surface area contributed by atoms with Crippen LogP contribution in [-0.4, -0.2) is 12.1 Å². The van der Waals surface area contributed by atoms with Gasteiger partial charge in [0, 0.05) is 0 Å². The quantitative estimate of drug-likeness (QED) is 0.901. The van der Waals surface area contributed by atoms with Gasteiger partial charge in [-0.3, -0.25) is 0 Å². The summed E-state index contributed by atoms with van der Waals surface area (Å²) in [4.78, 5) is 4.20. The van der Waals surface area contributed by atoms with E-state index in [-0.39, 0.29) is 0 Å². The molecule has 0 amide bonds. The van der Waals surface area contributed by atoms with Crippen LogP contribution in [0.3, 0.4) is 0 Å². The van der Waals surface area contributed by atoms with Crippen molar-refractivity contribution >= 4 is 40.4 Å². The lowest BCUT2D eigenvalue weighted by Crippen LogP contribution is -1.99. The van der Waals surface area contributed by atoms with Gasteiger partial charge in [0.2, 0.25) is 5.88 Å². The summed E-state index contributed by atoms with van der Waals surface area (Å²) in [5, 5.41) is 3.97. The van der Waals surface area contributed by atoms with E-state index in [9.17, 15) is 0 Å². The average molecular weight is 284 g/mol. The Morgan fingerprint density at radius 3 is 2.72 bits per heavy atom. The van der Waals surface area contributed by atoms with Gasteiger partial charge in [0.05, 0.1) is 28.5 Å². The Bertz CT molecular complexity index is 575. The Balaban J connectivity index is 2.31. The van der Waals surface area contributed by atoms with Crippen molar-refractivity contribution in [1.82, 2.24) is 4.98 Å². The molecule has 0 fully saturated rings. The second-order valence-corrected chi connectivity index (χ2v) is 4.31. The van der Waals surface area contributed by atoms with Crippen LogP contribution in [0.1, 0.15) is 0 Å². The monoisotopic (exact) mass is 283 g/mol. The fourth-order valence-electron chi connectivity index (χ4n) is 1.42. The summed E-state index contributed by atoms with van der Waals surface area (Å²) in [6, 6.07) is 8.75. The number of methoxy groups -OCH3 is 1. The number of nitrogens with zero attached hydrogens (tertiary/aromatic N) is 1. The molecule has 0 bridgehead atoms. The lowest BCUT2D eigenvalue weighted by atomic mass is 10.3. The topological polar surface area (TPSA) is 60.2 Å². The molecule has 1 aromatic carbocycles. The number of nitrogens with two attached hydrogens (primary N) is 1. The summed E-state index contributed by atoms with van der Waals surface area (Å²) in [5.74, 6) is 0.934. The Kier molecular flexibility index (Phi) is 3.79. The molecule has 0 aliphatic heterocycles. The number of halogens is 2. The third-order valence-corrected chi connectivity index (χ3v) is 3.12. The molecule has 0 saturated carbocycles. The van der Waals surface area contributed by atoms with Gasteiger partial charge in [-0.1, -0.05) is 29.3 Å². The van der Waals surface area contributed by atoms with Crippen molar-refractivity contribution in [1.29, 1.82) is 0 Å². The number of ether oxygens (including phenoxy) is 1. The maximum Gasteiger partial charge on any atom is 0.238 e. The number of rotatable bonds is 3. The highest BCUT2D eigenvalue weighted by molar-refractivity contribution is 6.43. The highest BCUT2D eigenvalue weighted by Gasteiger charge is 2.07. The molecule has 0 unspecified atom stereocenters. The minimum atomic E-state index is 0.359. The third-order valence-electron chi connectivity index (χ3n) is 2.30. The van der Waals surface area contributed by atoms with Crippen LogP contribution in [-0.2, 0) is 0 Å². The third kappa shape index (κ3) is 2.60. The molecule has 0 aliphatic carbocycles. The highest BCUT2D eigenvalue weighted by atomic mass is 35.5. The second-order valence-electron chi connectivity index (χ2n) is 3.52. The van der Waals surface area contributed by atoms with Gasteiger partial charge in [-0.2, -0.15) is 4.98 Å². The number of hydrogen-bond donors (Lipinski definition) is 2. The zero-order chi connectivity index (χ0) is 13.1. The molecular weight excluding hydrogens is 273 g/mol. The van der Waals surface area contributed by atoms with E-state index in [0.717, 1.165) is 0 Å². The van der Waals surface area contributed by atoms with E-state index in [1.54, 1.807) is 30.3 Å². The molecule has 6 heteroatoms. The first-order valence-corrected chi connectivity index (χ1v) is 5.89. The smallest absolute Gasteiger partial charge is 0.238 e. The zero-order valence-electron chi connectivity index (χ0n) is 9.58. The fraction of sp³-hybridized carbons (Fsp3) is 0.0833. The largest absolute Gasteiger partial charge is 0.479 e. The molecule has 1 heterocycles. The van der Waals surface area contributed by atoms with E-state index < -0.39 is 0 Å². The summed E-state index contributed by atoms with van der Waals surface area (Å²) >= 11 is 12.0. The summed E-state index contributed by atoms with van der Waals surface area (Å²) < 4.78 is 5.04. The lowest BCUT2D eigenvalue weighted by Gasteiger charge is -2.10. The number of nitrogens with one attached hydrogen (secondary N) is 1. The van der Waals surface area contributed by atoms with Crippen molar-refractivity contribution in [2.75, 3.05) is 18.2 Å². The van der Waals surface area contributed by atoms with Gasteiger partial charge in [-0.15, -0.1) is 0 Å². The van der Waals surface area contributed by atoms with Crippen molar-refractivity contribution in [3.05, 3.63) is 40.4 Å². The number of hydrogen-bond acceptors (Lipinski definition) is 4. The molecular formula is C12H11Cl2N3O. The molecule has 0 saturated heterocycles. The minimum Gasteiger partial charge on any atom is -0.479 e. The first-order chi connectivity index (χ1) is 8.61. The normalized spacial score (nSPS) is 10.2. The molecule has 0 spiro atoms.